The van der Waals surface area contributed by atoms with E-state index >= 15 is 0 Å². The van der Waals surface area contributed by atoms with Crippen molar-refractivity contribution in [3.8, 4) is 0 Å². The van der Waals surface area contributed by atoms with Crippen LogP contribution in [0.1, 0.15) is 282 Å². The summed E-state index contributed by atoms with van der Waals surface area (Å²) in [5.41, 5.74) is 21.1. The van der Waals surface area contributed by atoms with Crippen LogP contribution >= 0.6 is 0 Å². The van der Waals surface area contributed by atoms with Gasteiger partial charge in [-0.05, 0) is 199 Å². The predicted molar refractivity (Wildman–Crippen MR) is 348 cm³/mol. The number of nitrogens with one attached hydrogen (secondary N) is 1. The minimum absolute atomic E-state index is 0.414. The van der Waals surface area contributed by atoms with Crippen molar-refractivity contribution < 1.29 is 0 Å². The van der Waals surface area contributed by atoms with Crippen LogP contribution in [0.2, 0.25) is 0 Å². The molecule has 0 fully saturated rings. The molecule has 0 bridgehead atoms. The summed E-state index contributed by atoms with van der Waals surface area (Å²) < 4.78 is 0. The lowest BCUT2D eigenvalue weighted by molar-refractivity contribution is 0.319. The van der Waals surface area contributed by atoms with Crippen molar-refractivity contribution in [3.05, 3.63) is 30.1 Å². The third-order valence-corrected chi connectivity index (χ3v) is 11.0. The highest BCUT2D eigenvalue weighted by Crippen LogP contribution is 2.24. The molecular weight excluding hydrogens is 917 g/mol. The number of hydrogen-bond donors (Lipinski definition) is 4. The van der Waals surface area contributed by atoms with Gasteiger partial charge in [0.05, 0.1) is 12.9 Å². The van der Waals surface area contributed by atoms with E-state index in [2.05, 4.69) is 218 Å². The molecule has 0 saturated carbocycles. The molecule has 0 aromatic carbocycles. The molecule has 0 radical (unpaired) electrons. The minimum Gasteiger partial charge on any atom is -0.361 e. The van der Waals surface area contributed by atoms with Crippen LogP contribution in [-0.2, 0) is 6.42 Å². The minimum atomic E-state index is 0.414. The molecule has 1 aromatic heterocycles. The Morgan fingerprint density at radius 1 is 0.480 bits per heavy atom. The zero-order chi connectivity index (χ0) is 60.1. The van der Waals surface area contributed by atoms with Crippen LogP contribution in [-0.4, -0.2) is 94.6 Å². The Hall–Kier alpha value is -1.58. The smallest absolute Gasteiger partial charge is 0.0851 e. The molecule has 8 heteroatoms. The lowest BCUT2D eigenvalue weighted by atomic mass is 9.89. The quantitative estimate of drug-likeness (QED) is 0.0960. The van der Waals surface area contributed by atoms with Gasteiger partial charge in [-0.1, -0.05) is 198 Å². The Morgan fingerprint density at radius 2 is 0.853 bits per heavy atom. The number of aliphatic imine (C=N–C) groups is 1. The van der Waals surface area contributed by atoms with Gasteiger partial charge in [0.15, 0.2) is 0 Å². The van der Waals surface area contributed by atoms with Crippen LogP contribution in [0, 0.1) is 43.3 Å². The SMILES string of the molecule is CC(C)(C)C.CC(C)(C)CCCCCCN.CC(C)(C)CCCN.CC(C)(C)CCCN.CC(C)(C)CCCN1C=NCC1.CC(C)(C)CCc1ccccn1.CN(C)CCCC(C)(C)C.CNCCCC(C)(C)C. The third-order valence-electron chi connectivity index (χ3n) is 11.0. The van der Waals surface area contributed by atoms with Crippen molar-refractivity contribution in [2.24, 2.45) is 65.5 Å². The van der Waals surface area contributed by atoms with Gasteiger partial charge in [-0.3, -0.25) is 9.98 Å². The van der Waals surface area contributed by atoms with Crippen LogP contribution in [0.5, 0.6) is 0 Å². The second kappa shape index (κ2) is 47.2. The monoisotopic (exact) mass is 1060 g/mol. The summed E-state index contributed by atoms with van der Waals surface area (Å²) in [6, 6.07) is 6.09. The standard InChI is InChI=1S/C11H17N.C10H20N2.C10H23N.C9H21N.C8H19N.2C7H17N.C5H12/c1-11(2,3)8-7-10-6-4-5-9-12-10;1-10(2,3)5-4-7-12-8-6-11-9-12;1-10(2,3)8-6-4-5-7-9-11;1-9(2,3)7-6-8-10(4)5;1-8(2,3)6-5-7-9-4;2*1-7(2,3)5-4-6-8;1-5(2,3)4/h4-6,9H,7-8H2,1-3H3;9H,4-8H2,1-3H3;4-9,11H2,1-3H3;6-8H2,1-5H3;9H,5-7H2,1-4H3;2*4-6,8H2,1-3H3;1-4H3. The maximum atomic E-state index is 5.40. The lowest BCUT2D eigenvalue weighted by Gasteiger charge is -2.20. The van der Waals surface area contributed by atoms with Crippen molar-refractivity contribution in [2.75, 3.05) is 73.5 Å². The number of rotatable bonds is 20. The number of hydrogen-bond acceptors (Lipinski definition) is 8. The highest BCUT2D eigenvalue weighted by atomic mass is 15.2. The van der Waals surface area contributed by atoms with Crippen molar-refractivity contribution in [1.29, 1.82) is 0 Å². The number of nitrogens with zero attached hydrogens (tertiary/aromatic N) is 4. The first-order valence-electron chi connectivity index (χ1n) is 30.4. The zero-order valence-corrected chi connectivity index (χ0v) is 57.1. The number of unbranched alkanes of at least 4 members (excludes halogenated alkanes) is 3. The zero-order valence-electron chi connectivity index (χ0n) is 57.1. The molecule has 0 amide bonds. The molecule has 0 spiro atoms. The molecule has 7 N–H and O–H groups in total. The van der Waals surface area contributed by atoms with Gasteiger partial charge in [-0.25, -0.2) is 0 Å². The molecule has 0 aliphatic carbocycles. The average molecular weight is 1060 g/mol. The van der Waals surface area contributed by atoms with Crippen LogP contribution < -0.4 is 22.5 Å². The highest BCUT2D eigenvalue weighted by Gasteiger charge is 2.13. The van der Waals surface area contributed by atoms with Gasteiger partial charge in [0, 0.05) is 25.0 Å². The van der Waals surface area contributed by atoms with E-state index in [1.165, 1.54) is 109 Å². The first-order chi connectivity index (χ1) is 33.8. The van der Waals surface area contributed by atoms with E-state index in [4.69, 9.17) is 17.2 Å². The highest BCUT2D eigenvalue weighted by molar-refractivity contribution is 5.56. The Balaban J connectivity index is -0.000000183. The van der Waals surface area contributed by atoms with E-state index in [0.717, 1.165) is 58.5 Å². The van der Waals surface area contributed by atoms with Crippen LogP contribution in [0.3, 0.4) is 0 Å². The molecule has 0 saturated heterocycles. The summed E-state index contributed by atoms with van der Waals surface area (Å²) in [5, 5.41) is 3.14. The van der Waals surface area contributed by atoms with Crippen molar-refractivity contribution >= 4 is 6.34 Å². The number of aryl methyl sites for hydroxylation is 1. The van der Waals surface area contributed by atoms with Gasteiger partial charge in [-0.15, -0.1) is 0 Å². The number of pyridine rings is 1. The fourth-order valence-electron chi connectivity index (χ4n) is 6.59. The fraction of sp³-hybridized carbons (Fsp3) is 0.910. The molecule has 0 unspecified atom stereocenters. The summed E-state index contributed by atoms with van der Waals surface area (Å²) >= 11 is 0. The van der Waals surface area contributed by atoms with E-state index in [0.29, 0.717) is 43.3 Å². The van der Waals surface area contributed by atoms with Gasteiger partial charge in [0.1, 0.15) is 0 Å². The molecule has 1 aliphatic heterocycles. The topological polar surface area (TPSA) is 122 Å². The van der Waals surface area contributed by atoms with Crippen LogP contribution in [0.4, 0.5) is 0 Å². The molecule has 0 atom stereocenters. The van der Waals surface area contributed by atoms with Crippen molar-refractivity contribution in [3.63, 3.8) is 0 Å². The Morgan fingerprint density at radius 3 is 1.17 bits per heavy atom. The summed E-state index contributed by atoms with van der Waals surface area (Å²) in [7, 11) is 6.26. The lowest BCUT2D eigenvalue weighted by Crippen LogP contribution is -2.22. The molecule has 454 valence electrons. The fourth-order valence-corrected chi connectivity index (χ4v) is 6.59. The van der Waals surface area contributed by atoms with E-state index in [1.807, 2.05) is 31.7 Å². The van der Waals surface area contributed by atoms with E-state index in [9.17, 15) is 0 Å². The molecule has 1 aromatic rings. The van der Waals surface area contributed by atoms with Gasteiger partial charge >= 0.3 is 0 Å². The van der Waals surface area contributed by atoms with Gasteiger partial charge in [0.2, 0.25) is 0 Å². The summed E-state index contributed by atoms with van der Waals surface area (Å²) in [6.45, 7) is 64.7. The first-order valence-corrected chi connectivity index (χ1v) is 30.4. The second-order valence-electron chi connectivity index (χ2n) is 31.8. The van der Waals surface area contributed by atoms with E-state index < -0.39 is 0 Å². The molecule has 1 aliphatic rings. The molecule has 8 nitrogen and oxygen atoms in total. The number of nitrogens with two attached hydrogens (primary N) is 3. The first kappa shape index (κ1) is 84.7. The van der Waals surface area contributed by atoms with E-state index in [1.54, 1.807) is 0 Å². The maximum Gasteiger partial charge on any atom is 0.0851 e. The van der Waals surface area contributed by atoms with Gasteiger partial charge in [0.25, 0.3) is 0 Å². The van der Waals surface area contributed by atoms with E-state index in [-0.39, 0.29) is 0 Å². The summed E-state index contributed by atoms with van der Waals surface area (Å²) in [4.78, 5) is 13.0. The van der Waals surface area contributed by atoms with Crippen molar-refractivity contribution in [1.82, 2.24) is 20.1 Å². The Labute approximate surface area is 475 Å². The normalized spacial score (nSPS) is 12.9. The Kier molecular flexibility index (Phi) is 53.4. The summed E-state index contributed by atoms with van der Waals surface area (Å²) in [5.74, 6) is 0. The second-order valence-corrected chi connectivity index (χ2v) is 31.8. The third kappa shape index (κ3) is 109. The van der Waals surface area contributed by atoms with Gasteiger partial charge in [-0.2, -0.15) is 0 Å². The molecule has 2 rings (SSSR count). The van der Waals surface area contributed by atoms with Crippen LogP contribution in [0.25, 0.3) is 0 Å². The molecule has 75 heavy (non-hydrogen) atoms. The van der Waals surface area contributed by atoms with Gasteiger partial charge < -0.3 is 32.3 Å². The maximum absolute atomic E-state index is 5.40. The summed E-state index contributed by atoms with van der Waals surface area (Å²) in [6.07, 6.45) is 25.3. The predicted octanol–water partition coefficient (Wildman–Crippen LogP) is 18.2. The molecule has 2 heterocycles. The Bertz CT molecular complexity index is 1290. The number of aromatic nitrogens is 1. The van der Waals surface area contributed by atoms with Crippen molar-refractivity contribution in [2.45, 2.75) is 282 Å². The van der Waals surface area contributed by atoms with Crippen LogP contribution in [0.15, 0.2) is 29.4 Å². The molecular formula is C67H146N8. The largest absolute Gasteiger partial charge is 0.361 e. The average Bonchev–Trinajstić information content (AvgIpc) is 3.74.